The highest BCUT2D eigenvalue weighted by Gasteiger charge is 2.20. The summed E-state index contributed by atoms with van der Waals surface area (Å²) in [7, 11) is 0. The Hall–Kier alpha value is -2.11. The van der Waals surface area contributed by atoms with Crippen molar-refractivity contribution in [2.24, 2.45) is 0 Å². The zero-order valence-corrected chi connectivity index (χ0v) is 15.3. The van der Waals surface area contributed by atoms with E-state index in [1.165, 1.54) is 18.2 Å². The first kappa shape index (κ1) is 18.7. The van der Waals surface area contributed by atoms with Crippen LogP contribution in [-0.2, 0) is 11.3 Å². The van der Waals surface area contributed by atoms with Gasteiger partial charge in [0, 0.05) is 12.0 Å². The Bertz CT molecular complexity index is 863. The van der Waals surface area contributed by atoms with Gasteiger partial charge in [-0.25, -0.2) is 13.2 Å². The van der Waals surface area contributed by atoms with Gasteiger partial charge in [-0.15, -0.1) is 0 Å². The molecule has 134 valence electrons. The van der Waals surface area contributed by atoms with Gasteiger partial charge in [-0.1, -0.05) is 42.5 Å². The van der Waals surface area contributed by atoms with Crippen LogP contribution in [-0.4, -0.2) is 6.61 Å². The van der Waals surface area contributed by atoms with Crippen LogP contribution in [0.3, 0.4) is 0 Å². The van der Waals surface area contributed by atoms with Crippen LogP contribution < -0.4 is 0 Å². The van der Waals surface area contributed by atoms with Crippen LogP contribution in [0.2, 0.25) is 0 Å². The Balaban J connectivity index is 1.89. The minimum atomic E-state index is -0.680. The molecule has 0 spiro atoms. The average Bonchev–Trinajstić information content (AvgIpc) is 2.62. The molecule has 0 aliphatic carbocycles. The van der Waals surface area contributed by atoms with Crippen molar-refractivity contribution in [1.29, 1.82) is 0 Å². The van der Waals surface area contributed by atoms with Crippen molar-refractivity contribution in [3.8, 4) is 0 Å². The van der Waals surface area contributed by atoms with Crippen LogP contribution in [0.1, 0.15) is 22.6 Å². The molecule has 3 aromatic carbocycles. The molecule has 3 rings (SSSR count). The first-order valence-corrected chi connectivity index (χ1v) is 8.85. The quantitative estimate of drug-likeness (QED) is 0.460. The van der Waals surface area contributed by atoms with E-state index >= 15 is 0 Å². The highest BCUT2D eigenvalue weighted by atomic mass is 79.9. The second-order valence-corrected chi connectivity index (χ2v) is 6.69. The summed E-state index contributed by atoms with van der Waals surface area (Å²) in [6, 6.07) is 17.5. The molecule has 0 aliphatic rings. The predicted molar refractivity (Wildman–Crippen MR) is 98.4 cm³/mol. The lowest BCUT2D eigenvalue weighted by Crippen LogP contribution is -2.12. The normalized spacial score (nSPS) is 12.2. The van der Waals surface area contributed by atoms with Crippen LogP contribution in [0, 0.1) is 17.5 Å². The molecule has 0 N–H and O–H groups in total. The molecular weight excluding hydrogens is 405 g/mol. The number of benzene rings is 3. The molecule has 0 amide bonds. The van der Waals surface area contributed by atoms with Crippen LogP contribution >= 0.6 is 15.9 Å². The zero-order valence-electron chi connectivity index (χ0n) is 13.8. The van der Waals surface area contributed by atoms with Gasteiger partial charge in [0.05, 0.1) is 17.7 Å². The van der Waals surface area contributed by atoms with Gasteiger partial charge < -0.3 is 4.74 Å². The molecule has 0 heterocycles. The van der Waals surface area contributed by atoms with Crippen molar-refractivity contribution in [2.75, 3.05) is 6.61 Å². The van der Waals surface area contributed by atoms with Gasteiger partial charge in [0.25, 0.3) is 0 Å². The molecule has 5 heteroatoms. The average molecular weight is 421 g/mol. The van der Waals surface area contributed by atoms with Crippen molar-refractivity contribution in [3.05, 3.63) is 105 Å². The minimum Gasteiger partial charge on any atom is -0.376 e. The van der Waals surface area contributed by atoms with E-state index < -0.39 is 23.4 Å². The minimum absolute atomic E-state index is 0.153. The summed E-state index contributed by atoms with van der Waals surface area (Å²) in [5.74, 6) is -2.32. The van der Waals surface area contributed by atoms with Gasteiger partial charge in [-0.3, -0.25) is 0 Å². The number of rotatable bonds is 6. The third-order valence-electron chi connectivity index (χ3n) is 4.04. The number of ether oxygens (including phenoxy) is 1. The van der Waals surface area contributed by atoms with E-state index in [4.69, 9.17) is 4.74 Å². The molecule has 1 atom stereocenters. The monoisotopic (exact) mass is 420 g/mol. The maximum atomic E-state index is 14.0. The third-order valence-corrected chi connectivity index (χ3v) is 4.88. The van der Waals surface area contributed by atoms with Crippen molar-refractivity contribution < 1.29 is 17.9 Å². The lowest BCUT2D eigenvalue weighted by molar-refractivity contribution is 0.114. The summed E-state index contributed by atoms with van der Waals surface area (Å²) in [4.78, 5) is 0. The van der Waals surface area contributed by atoms with E-state index in [9.17, 15) is 13.2 Å². The highest BCUT2D eigenvalue weighted by molar-refractivity contribution is 9.10. The van der Waals surface area contributed by atoms with E-state index in [1.807, 2.05) is 30.3 Å². The Morgan fingerprint density at radius 3 is 2.23 bits per heavy atom. The summed E-state index contributed by atoms with van der Waals surface area (Å²) in [6.07, 6.45) is 0. The van der Waals surface area contributed by atoms with E-state index in [-0.39, 0.29) is 11.1 Å². The molecule has 1 nitrogen and oxygen atoms in total. The largest absolute Gasteiger partial charge is 0.376 e. The Morgan fingerprint density at radius 1 is 0.846 bits per heavy atom. The smallest absolute Gasteiger partial charge is 0.137 e. The van der Waals surface area contributed by atoms with Crippen LogP contribution in [0.15, 0.2) is 71.2 Å². The highest BCUT2D eigenvalue weighted by Crippen LogP contribution is 2.33. The standard InChI is InChI=1S/C21H16BrF3O/c22-21-18(7-4-8-20(21)25)19(15-9-16(23)11-17(24)10-15)13-26-12-14-5-2-1-3-6-14/h1-11,19H,12-13H2. The van der Waals surface area contributed by atoms with Gasteiger partial charge in [-0.2, -0.15) is 0 Å². The molecule has 0 saturated heterocycles. The fourth-order valence-corrected chi connectivity index (χ4v) is 3.34. The number of hydrogen-bond donors (Lipinski definition) is 0. The van der Waals surface area contributed by atoms with Crippen LogP contribution in [0.5, 0.6) is 0 Å². The molecule has 0 saturated carbocycles. The summed E-state index contributed by atoms with van der Waals surface area (Å²) < 4.78 is 47.4. The Labute approximate surface area is 158 Å². The van der Waals surface area contributed by atoms with Gasteiger partial charge in [0.2, 0.25) is 0 Å². The summed E-state index contributed by atoms with van der Waals surface area (Å²) >= 11 is 3.23. The third kappa shape index (κ3) is 4.54. The van der Waals surface area contributed by atoms with Crippen molar-refractivity contribution >= 4 is 15.9 Å². The Kier molecular flexibility index (Phi) is 6.12. The van der Waals surface area contributed by atoms with Crippen molar-refractivity contribution in [2.45, 2.75) is 12.5 Å². The molecule has 0 radical (unpaired) electrons. The maximum absolute atomic E-state index is 14.0. The molecular formula is C21H16BrF3O. The molecule has 0 aromatic heterocycles. The van der Waals surface area contributed by atoms with Gasteiger partial charge in [0.15, 0.2) is 0 Å². The first-order chi connectivity index (χ1) is 12.5. The molecule has 26 heavy (non-hydrogen) atoms. The summed E-state index contributed by atoms with van der Waals surface area (Å²) in [6.45, 7) is 0.502. The number of hydrogen-bond acceptors (Lipinski definition) is 1. The summed E-state index contributed by atoms with van der Waals surface area (Å²) in [5, 5.41) is 0. The van der Waals surface area contributed by atoms with E-state index in [1.54, 1.807) is 12.1 Å². The predicted octanol–water partition coefficient (Wildman–Crippen LogP) is 6.22. The Morgan fingerprint density at radius 2 is 1.54 bits per heavy atom. The molecule has 0 aliphatic heterocycles. The topological polar surface area (TPSA) is 9.23 Å². The van der Waals surface area contributed by atoms with Crippen molar-refractivity contribution in [1.82, 2.24) is 0 Å². The second kappa shape index (κ2) is 8.52. The van der Waals surface area contributed by atoms with Gasteiger partial charge in [0.1, 0.15) is 17.5 Å². The van der Waals surface area contributed by atoms with E-state index in [2.05, 4.69) is 15.9 Å². The molecule has 3 aromatic rings. The fraction of sp³-hybridized carbons (Fsp3) is 0.143. The van der Waals surface area contributed by atoms with Gasteiger partial charge in [-0.05, 0) is 50.8 Å². The maximum Gasteiger partial charge on any atom is 0.137 e. The van der Waals surface area contributed by atoms with Crippen LogP contribution in [0.4, 0.5) is 13.2 Å². The zero-order chi connectivity index (χ0) is 18.5. The van der Waals surface area contributed by atoms with Crippen LogP contribution in [0.25, 0.3) is 0 Å². The lowest BCUT2D eigenvalue weighted by atomic mass is 9.91. The molecule has 1 unspecified atom stereocenters. The number of halogens is 4. The van der Waals surface area contributed by atoms with E-state index in [0.717, 1.165) is 11.6 Å². The van der Waals surface area contributed by atoms with E-state index in [0.29, 0.717) is 17.7 Å². The summed E-state index contributed by atoms with van der Waals surface area (Å²) in [5.41, 5.74) is 1.94. The molecule has 0 fully saturated rings. The van der Waals surface area contributed by atoms with Gasteiger partial charge >= 0.3 is 0 Å². The second-order valence-electron chi connectivity index (χ2n) is 5.90. The van der Waals surface area contributed by atoms with Crippen molar-refractivity contribution in [3.63, 3.8) is 0 Å². The lowest BCUT2D eigenvalue weighted by Gasteiger charge is -2.20. The first-order valence-electron chi connectivity index (χ1n) is 8.06. The fourth-order valence-electron chi connectivity index (χ4n) is 2.80. The SMILES string of the molecule is Fc1cc(F)cc(C(COCc2ccccc2)c2cccc(F)c2Br)c1. The molecule has 0 bridgehead atoms.